The van der Waals surface area contributed by atoms with Gasteiger partial charge in [0.25, 0.3) is 0 Å². The van der Waals surface area contributed by atoms with Crippen molar-refractivity contribution in [1.82, 2.24) is 0 Å². The van der Waals surface area contributed by atoms with Crippen molar-refractivity contribution in [2.45, 2.75) is 33.1 Å². The van der Waals surface area contributed by atoms with Crippen molar-refractivity contribution in [1.29, 1.82) is 0 Å². The molecule has 0 N–H and O–H groups in total. The maximum atomic E-state index is 6.30. The van der Waals surface area contributed by atoms with E-state index in [4.69, 9.17) is 4.74 Å². The quantitative estimate of drug-likeness (QED) is 0.398. The molecular formula is C23H23NO. The number of hydrogen-bond donors (Lipinski definition) is 0. The van der Waals surface area contributed by atoms with Crippen LogP contribution in [0.5, 0.6) is 11.5 Å². The normalized spacial score (nSPS) is 13.6. The summed E-state index contributed by atoms with van der Waals surface area (Å²) < 4.78 is 6.30. The van der Waals surface area contributed by atoms with Gasteiger partial charge in [-0.15, -0.1) is 0 Å². The summed E-state index contributed by atoms with van der Waals surface area (Å²) in [7, 11) is 0. The van der Waals surface area contributed by atoms with E-state index in [1.54, 1.807) is 0 Å². The number of fused-ring (bicyclic) bond motifs is 2. The van der Waals surface area contributed by atoms with Crippen LogP contribution in [0.3, 0.4) is 0 Å². The molecule has 1 unspecified atom stereocenters. The van der Waals surface area contributed by atoms with Crippen molar-refractivity contribution in [3.05, 3.63) is 77.9 Å². The van der Waals surface area contributed by atoms with Crippen LogP contribution in [0.25, 0.3) is 0 Å². The molecule has 0 amide bonds. The number of aryl methyl sites for hydroxylation is 1. The van der Waals surface area contributed by atoms with Crippen LogP contribution < -0.4 is 9.64 Å². The van der Waals surface area contributed by atoms with Gasteiger partial charge in [-0.25, -0.2) is 0 Å². The van der Waals surface area contributed by atoms with Crippen molar-refractivity contribution in [2.24, 2.45) is 0 Å². The summed E-state index contributed by atoms with van der Waals surface area (Å²) in [6, 6.07) is 23.5. The van der Waals surface area contributed by atoms with E-state index < -0.39 is 0 Å². The molecule has 1 aliphatic rings. The zero-order valence-electron chi connectivity index (χ0n) is 15.0. The van der Waals surface area contributed by atoms with Gasteiger partial charge in [-0.05, 0) is 66.8 Å². The lowest BCUT2D eigenvalue weighted by molar-refractivity contribution is 0.475. The van der Waals surface area contributed by atoms with Crippen molar-refractivity contribution in [3.8, 4) is 11.5 Å². The molecule has 126 valence electrons. The zero-order valence-corrected chi connectivity index (χ0v) is 15.0. The molecule has 3 aromatic carbocycles. The molecule has 0 saturated heterocycles. The first-order valence-corrected chi connectivity index (χ1v) is 8.95. The predicted molar refractivity (Wildman–Crippen MR) is 105 cm³/mol. The molecule has 25 heavy (non-hydrogen) atoms. The molecule has 0 bridgehead atoms. The molecule has 1 aliphatic heterocycles. The van der Waals surface area contributed by atoms with Gasteiger partial charge in [0.1, 0.15) is 0 Å². The minimum absolute atomic E-state index is 0.526. The lowest BCUT2D eigenvalue weighted by atomic mass is 9.97. The summed E-state index contributed by atoms with van der Waals surface area (Å²) in [4.78, 5) is 2.29. The van der Waals surface area contributed by atoms with Gasteiger partial charge >= 0.3 is 0 Å². The molecule has 0 aliphatic carbocycles. The fourth-order valence-corrected chi connectivity index (χ4v) is 3.33. The zero-order chi connectivity index (χ0) is 17.4. The molecule has 0 radical (unpaired) electrons. The van der Waals surface area contributed by atoms with Gasteiger partial charge in [0, 0.05) is 5.69 Å². The number of anilines is 3. The second-order valence-corrected chi connectivity index (χ2v) is 6.78. The SMILES string of the molecule is CCC(C)c1ccc2c(c1)Oc1cc(C)ccc1N2c1ccccc1. The maximum absolute atomic E-state index is 6.30. The highest BCUT2D eigenvalue weighted by Crippen LogP contribution is 2.51. The lowest BCUT2D eigenvalue weighted by Gasteiger charge is -2.33. The van der Waals surface area contributed by atoms with Gasteiger partial charge in [-0.3, -0.25) is 0 Å². The number of nitrogens with zero attached hydrogens (tertiary/aromatic N) is 1. The van der Waals surface area contributed by atoms with E-state index in [0.717, 1.165) is 35.0 Å². The third-order valence-corrected chi connectivity index (χ3v) is 5.00. The van der Waals surface area contributed by atoms with Gasteiger partial charge < -0.3 is 9.64 Å². The Morgan fingerprint density at radius 1 is 0.880 bits per heavy atom. The van der Waals surface area contributed by atoms with Crippen LogP contribution in [-0.2, 0) is 0 Å². The summed E-state index contributed by atoms with van der Waals surface area (Å²) in [5.41, 5.74) is 5.85. The fraction of sp³-hybridized carbons (Fsp3) is 0.217. The Hall–Kier alpha value is -2.74. The van der Waals surface area contributed by atoms with E-state index in [-0.39, 0.29) is 0 Å². The van der Waals surface area contributed by atoms with Crippen LogP contribution in [0.15, 0.2) is 66.7 Å². The van der Waals surface area contributed by atoms with Gasteiger partial charge in [0.05, 0.1) is 11.4 Å². The third kappa shape index (κ3) is 2.78. The summed E-state index contributed by atoms with van der Waals surface area (Å²) >= 11 is 0. The summed E-state index contributed by atoms with van der Waals surface area (Å²) in [5, 5.41) is 0. The second-order valence-electron chi connectivity index (χ2n) is 6.78. The highest BCUT2D eigenvalue weighted by Gasteiger charge is 2.26. The van der Waals surface area contributed by atoms with Gasteiger partial charge in [-0.2, -0.15) is 0 Å². The Balaban J connectivity index is 1.90. The first kappa shape index (κ1) is 15.8. The van der Waals surface area contributed by atoms with E-state index in [0.29, 0.717) is 5.92 Å². The van der Waals surface area contributed by atoms with Crippen LogP contribution in [-0.4, -0.2) is 0 Å². The molecule has 2 heteroatoms. The molecule has 1 atom stereocenters. The van der Waals surface area contributed by atoms with Crippen molar-refractivity contribution in [2.75, 3.05) is 4.90 Å². The predicted octanol–water partition coefficient (Wildman–Crippen LogP) is 7.08. The number of benzene rings is 3. The second kappa shape index (κ2) is 6.29. The molecule has 4 rings (SSSR count). The number of para-hydroxylation sites is 1. The van der Waals surface area contributed by atoms with Crippen molar-refractivity contribution < 1.29 is 4.74 Å². The minimum Gasteiger partial charge on any atom is -0.453 e. The molecule has 0 aromatic heterocycles. The van der Waals surface area contributed by atoms with Crippen LogP contribution in [0, 0.1) is 6.92 Å². The van der Waals surface area contributed by atoms with E-state index in [1.807, 2.05) is 6.07 Å². The summed E-state index contributed by atoms with van der Waals surface area (Å²) in [5.74, 6) is 2.37. The average Bonchev–Trinajstić information content (AvgIpc) is 2.65. The molecule has 0 fully saturated rings. The van der Waals surface area contributed by atoms with Gasteiger partial charge in [0.15, 0.2) is 11.5 Å². The first-order valence-electron chi connectivity index (χ1n) is 8.95. The highest BCUT2D eigenvalue weighted by atomic mass is 16.5. The molecule has 1 heterocycles. The van der Waals surface area contributed by atoms with E-state index in [1.165, 1.54) is 11.1 Å². The standard InChI is InChI=1S/C23H23NO/c1-4-17(3)18-11-13-21-23(15-18)25-22-14-16(2)10-12-20(22)24(21)19-8-6-5-7-9-19/h5-15,17H,4H2,1-3H3. The Bertz CT molecular complexity index is 901. The molecule has 0 saturated carbocycles. The fourth-order valence-electron chi connectivity index (χ4n) is 3.33. The van der Waals surface area contributed by atoms with E-state index >= 15 is 0 Å². The minimum atomic E-state index is 0.526. The van der Waals surface area contributed by atoms with E-state index in [9.17, 15) is 0 Å². The van der Waals surface area contributed by atoms with Gasteiger partial charge in [0.2, 0.25) is 0 Å². The number of ether oxygens (including phenoxy) is 1. The summed E-state index contributed by atoms with van der Waals surface area (Å²) in [6.45, 7) is 6.58. The van der Waals surface area contributed by atoms with Gasteiger partial charge in [-0.1, -0.05) is 44.2 Å². The lowest BCUT2D eigenvalue weighted by Crippen LogP contribution is -2.16. The topological polar surface area (TPSA) is 12.5 Å². The molecular weight excluding hydrogens is 306 g/mol. The van der Waals surface area contributed by atoms with Crippen LogP contribution in [0.2, 0.25) is 0 Å². The monoisotopic (exact) mass is 329 g/mol. The molecule has 2 nitrogen and oxygen atoms in total. The van der Waals surface area contributed by atoms with E-state index in [2.05, 4.69) is 86.3 Å². The molecule has 0 spiro atoms. The summed E-state index contributed by atoms with van der Waals surface area (Å²) in [6.07, 6.45) is 1.12. The Morgan fingerprint density at radius 3 is 2.28 bits per heavy atom. The van der Waals surface area contributed by atoms with Crippen LogP contribution >= 0.6 is 0 Å². The number of rotatable bonds is 3. The third-order valence-electron chi connectivity index (χ3n) is 5.00. The maximum Gasteiger partial charge on any atom is 0.151 e. The average molecular weight is 329 g/mol. The highest BCUT2D eigenvalue weighted by molar-refractivity contribution is 5.86. The van der Waals surface area contributed by atoms with Crippen LogP contribution in [0.1, 0.15) is 37.3 Å². The Kier molecular flexibility index (Phi) is 3.96. The molecule has 3 aromatic rings. The van der Waals surface area contributed by atoms with Crippen molar-refractivity contribution in [3.63, 3.8) is 0 Å². The first-order chi connectivity index (χ1) is 12.2. The van der Waals surface area contributed by atoms with Crippen molar-refractivity contribution >= 4 is 17.1 Å². The largest absolute Gasteiger partial charge is 0.453 e. The van der Waals surface area contributed by atoms with Crippen LogP contribution in [0.4, 0.5) is 17.1 Å². The Labute approximate surface area is 149 Å². The number of hydrogen-bond acceptors (Lipinski definition) is 2. The Morgan fingerprint density at radius 2 is 1.56 bits per heavy atom. The smallest absolute Gasteiger partial charge is 0.151 e.